The van der Waals surface area contributed by atoms with Gasteiger partial charge in [-0.2, -0.15) is 0 Å². The number of aromatic nitrogens is 2. The Balaban J connectivity index is 1.02. The number of nitrogens with one attached hydrogen (secondary N) is 1. The van der Waals surface area contributed by atoms with Gasteiger partial charge in [-0.15, -0.1) is 0 Å². The third-order valence-electron chi connectivity index (χ3n) is 9.50. The molecule has 0 saturated carbocycles. The second-order valence-corrected chi connectivity index (χ2v) is 16.5. The Bertz CT molecular complexity index is 1780. The molecule has 394 valence electrons. The van der Waals surface area contributed by atoms with Crippen molar-refractivity contribution in [1.82, 2.24) is 20.2 Å². The molecule has 1 aromatic carbocycles. The summed E-state index contributed by atoms with van der Waals surface area (Å²) in [6.45, 7) is 17.4. The monoisotopic (exact) mass is 991 g/mol. The van der Waals surface area contributed by atoms with Crippen molar-refractivity contribution in [2.75, 3.05) is 158 Å². The molecule has 21 heteroatoms. The first kappa shape index (κ1) is 59.6. The molecule has 2 aromatic rings. The molecule has 0 fully saturated rings. The molecule has 0 unspecified atom stereocenters. The predicted molar refractivity (Wildman–Crippen MR) is 261 cm³/mol. The number of amidine groups is 1. The van der Waals surface area contributed by atoms with Gasteiger partial charge >= 0.3 is 12.1 Å². The highest BCUT2D eigenvalue weighted by atomic mass is 16.6. The van der Waals surface area contributed by atoms with Gasteiger partial charge in [-0.1, -0.05) is 19.1 Å². The third kappa shape index (κ3) is 29.5. The van der Waals surface area contributed by atoms with E-state index in [4.69, 9.17) is 62.6 Å². The minimum atomic E-state index is -0.549. The van der Waals surface area contributed by atoms with Crippen molar-refractivity contribution in [3.63, 3.8) is 0 Å². The molecule has 0 saturated heterocycles. The summed E-state index contributed by atoms with van der Waals surface area (Å²) in [4.78, 5) is 52.0. The van der Waals surface area contributed by atoms with Crippen LogP contribution < -0.4 is 11.1 Å². The van der Waals surface area contributed by atoms with Crippen LogP contribution in [0.25, 0.3) is 17.2 Å². The maximum atomic E-state index is 13.7. The lowest BCUT2D eigenvalue weighted by Gasteiger charge is -2.23. The highest BCUT2D eigenvalue weighted by Gasteiger charge is 2.22. The summed E-state index contributed by atoms with van der Waals surface area (Å²) in [5.41, 5.74) is 9.58. The van der Waals surface area contributed by atoms with E-state index in [0.717, 1.165) is 23.1 Å². The topological polar surface area (TPSA) is 241 Å². The Morgan fingerprint density at radius 1 is 0.643 bits per heavy atom. The molecular formula is C49H78N6O15. The predicted octanol–water partition coefficient (Wildman–Crippen LogP) is 4.17. The van der Waals surface area contributed by atoms with Gasteiger partial charge in [-0.25, -0.2) is 19.8 Å². The average molecular weight is 991 g/mol. The second kappa shape index (κ2) is 38.1. The normalized spacial score (nSPS) is 12.5. The number of alkyl carbamates (subject to hydrolysis) is 1. The zero-order chi connectivity index (χ0) is 50.3. The highest BCUT2D eigenvalue weighted by Crippen LogP contribution is 2.31. The van der Waals surface area contributed by atoms with E-state index >= 15 is 0 Å². The molecule has 3 rings (SSSR count). The van der Waals surface area contributed by atoms with Crippen LogP contribution in [-0.4, -0.2) is 203 Å². The summed E-state index contributed by atoms with van der Waals surface area (Å²) in [7, 11) is 0. The molecule has 1 aliphatic rings. The quantitative estimate of drug-likeness (QED) is 0.0702. The van der Waals surface area contributed by atoms with E-state index in [1.807, 2.05) is 52.0 Å². The lowest BCUT2D eigenvalue weighted by Crippen LogP contribution is -2.36. The van der Waals surface area contributed by atoms with Crippen LogP contribution in [0, 0.1) is 0 Å². The first-order valence-corrected chi connectivity index (χ1v) is 24.2. The van der Waals surface area contributed by atoms with Crippen LogP contribution in [0.5, 0.6) is 0 Å². The molecule has 0 radical (unpaired) electrons. The fourth-order valence-corrected chi connectivity index (χ4v) is 6.28. The number of amides is 2. The average Bonchev–Trinajstić information content (AvgIpc) is 3.51. The van der Waals surface area contributed by atoms with Gasteiger partial charge in [0.25, 0.3) is 0 Å². The van der Waals surface area contributed by atoms with Crippen molar-refractivity contribution in [1.29, 1.82) is 0 Å². The Hall–Kier alpha value is -4.68. The van der Waals surface area contributed by atoms with Crippen LogP contribution in [-0.2, 0) is 66.4 Å². The number of nitrogens with two attached hydrogens (primary N) is 1. The van der Waals surface area contributed by atoms with Crippen molar-refractivity contribution in [2.45, 2.75) is 59.0 Å². The molecule has 2 amide bonds. The van der Waals surface area contributed by atoms with Gasteiger partial charge in [0.1, 0.15) is 24.4 Å². The van der Waals surface area contributed by atoms with Crippen molar-refractivity contribution in [2.24, 2.45) is 10.7 Å². The molecule has 1 aromatic heterocycles. The van der Waals surface area contributed by atoms with Crippen LogP contribution in [0.2, 0.25) is 0 Å². The number of aliphatic imine (C=N–C) groups is 1. The summed E-state index contributed by atoms with van der Waals surface area (Å²) < 4.78 is 65.2. The second-order valence-electron chi connectivity index (χ2n) is 16.5. The molecule has 0 spiro atoms. The van der Waals surface area contributed by atoms with Gasteiger partial charge in [0.05, 0.1) is 144 Å². The number of carbonyl (C=O) groups is 3. The first-order chi connectivity index (χ1) is 34.1. The molecule has 0 bridgehead atoms. The largest absolute Gasteiger partial charge is 0.460 e. The molecule has 0 atom stereocenters. The lowest BCUT2D eigenvalue weighted by molar-refractivity contribution is -0.156. The van der Waals surface area contributed by atoms with E-state index in [9.17, 15) is 14.4 Å². The van der Waals surface area contributed by atoms with Gasteiger partial charge in [0, 0.05) is 55.1 Å². The van der Waals surface area contributed by atoms with Crippen molar-refractivity contribution >= 4 is 35.6 Å². The van der Waals surface area contributed by atoms with Crippen molar-refractivity contribution < 1.29 is 71.2 Å². The smallest absolute Gasteiger partial charge is 0.407 e. The van der Waals surface area contributed by atoms with E-state index < -0.39 is 11.7 Å². The van der Waals surface area contributed by atoms with Gasteiger partial charge in [0.15, 0.2) is 0 Å². The number of rotatable bonds is 41. The summed E-state index contributed by atoms with van der Waals surface area (Å²) >= 11 is 0. The Morgan fingerprint density at radius 2 is 1.11 bits per heavy atom. The molecule has 21 nitrogen and oxygen atoms in total. The molecular weight excluding hydrogens is 913 g/mol. The van der Waals surface area contributed by atoms with Crippen molar-refractivity contribution in [3.05, 3.63) is 48.1 Å². The first-order valence-electron chi connectivity index (χ1n) is 24.2. The number of hydrogen-bond donors (Lipinski definition) is 2. The zero-order valence-corrected chi connectivity index (χ0v) is 41.8. The molecule has 2 heterocycles. The lowest BCUT2D eigenvalue weighted by atomic mass is 10.0. The summed E-state index contributed by atoms with van der Waals surface area (Å²) in [6, 6.07) is 5.78. The van der Waals surface area contributed by atoms with Gasteiger partial charge in [-0.05, 0) is 51.3 Å². The zero-order valence-electron chi connectivity index (χ0n) is 41.8. The molecule has 70 heavy (non-hydrogen) atoms. The van der Waals surface area contributed by atoms with Crippen LogP contribution in [0.4, 0.5) is 10.5 Å². The number of ether oxygens (including phenoxy) is 12. The molecule has 1 aliphatic heterocycles. The van der Waals surface area contributed by atoms with Crippen LogP contribution >= 0.6 is 0 Å². The number of hydrogen-bond acceptors (Lipinski definition) is 19. The minimum Gasteiger partial charge on any atom is -0.460 e. The van der Waals surface area contributed by atoms with E-state index in [1.165, 1.54) is 6.33 Å². The van der Waals surface area contributed by atoms with E-state index in [0.29, 0.717) is 169 Å². The standard InChI is InChI=1S/C49H78N6O15/c1-5-11-55(47(57)42-34-41-8-7-40(43-37-51-39-52-38-43)35-44(41)54-45(50)36-42)12-6-10-53-48(58)69-33-32-68-31-30-67-29-28-66-27-26-65-25-24-64-23-22-63-21-20-62-19-18-61-17-16-60-15-14-59-13-9-46(56)70-49(2,3)4/h7-8,34-35,37-39H,5-6,9-33,36H2,1-4H3,(H2,50,54)(H,53,58). The number of nitrogens with zero attached hydrogens (tertiary/aromatic N) is 4. The fraction of sp³-hybridized carbons (Fsp3) is 0.673. The molecule has 3 N–H and O–H groups in total. The van der Waals surface area contributed by atoms with Crippen LogP contribution in [0.1, 0.15) is 58.9 Å². The Labute approximate surface area is 413 Å². The van der Waals surface area contributed by atoms with Crippen LogP contribution in [0.15, 0.2) is 47.5 Å². The fourth-order valence-electron chi connectivity index (χ4n) is 6.28. The minimum absolute atomic E-state index is 0.0979. The van der Waals surface area contributed by atoms with Gasteiger partial charge in [0.2, 0.25) is 5.91 Å². The third-order valence-corrected chi connectivity index (χ3v) is 9.50. The maximum absolute atomic E-state index is 13.7. The SMILES string of the molecule is CCCN(CCCNC(=O)OCCOCCOCCOCCOCCOCCOCCOCCOCCOCCOCCC(=O)OC(C)(C)C)C(=O)C1=Cc2ccc(-c3cncnc3)cc2N=C(N)C1. The Kier molecular flexibility index (Phi) is 32.4. The van der Waals surface area contributed by atoms with Crippen LogP contribution in [0.3, 0.4) is 0 Å². The van der Waals surface area contributed by atoms with E-state index in [-0.39, 0.29) is 37.9 Å². The van der Waals surface area contributed by atoms with Crippen molar-refractivity contribution in [3.8, 4) is 11.1 Å². The van der Waals surface area contributed by atoms with E-state index in [1.54, 1.807) is 17.3 Å². The molecule has 0 aliphatic carbocycles. The van der Waals surface area contributed by atoms with Gasteiger partial charge in [-0.3, -0.25) is 9.59 Å². The number of fused-ring (bicyclic) bond motifs is 1. The number of esters is 1. The maximum Gasteiger partial charge on any atom is 0.407 e. The van der Waals surface area contributed by atoms with E-state index in [2.05, 4.69) is 20.3 Å². The highest BCUT2D eigenvalue weighted by molar-refractivity contribution is 6.05. The Morgan fingerprint density at radius 3 is 1.59 bits per heavy atom. The number of benzene rings is 1. The number of carbonyl (C=O) groups excluding carboxylic acids is 3. The summed E-state index contributed by atoms with van der Waals surface area (Å²) in [5, 5.41) is 2.73. The summed E-state index contributed by atoms with van der Waals surface area (Å²) in [6.07, 6.45) is 8.02. The summed E-state index contributed by atoms with van der Waals surface area (Å²) in [5.74, 6) is -0.0302. The van der Waals surface area contributed by atoms with Gasteiger partial charge < -0.3 is 72.8 Å².